The summed E-state index contributed by atoms with van der Waals surface area (Å²) in [7, 11) is 0. The van der Waals surface area contributed by atoms with Crippen molar-refractivity contribution in [2.45, 2.75) is 0 Å². The zero-order valence-electron chi connectivity index (χ0n) is 8.15. The number of rotatable bonds is 3. The van der Waals surface area contributed by atoms with Crippen LogP contribution in [0.2, 0.25) is 0 Å². The van der Waals surface area contributed by atoms with E-state index in [9.17, 15) is 0 Å². The Balaban J connectivity index is 2.21. The molecular formula is C6H3N11. The van der Waals surface area contributed by atoms with E-state index in [0.29, 0.717) is 0 Å². The number of aromatic nitrogens is 6. The molecule has 0 aromatic carbocycles. The van der Waals surface area contributed by atoms with Gasteiger partial charge in [-0.15, -0.1) is 10.2 Å². The van der Waals surface area contributed by atoms with Gasteiger partial charge in [-0.1, -0.05) is 0 Å². The molecule has 0 amide bonds. The second-order valence-electron chi connectivity index (χ2n) is 2.41. The molecule has 11 nitrogen and oxygen atoms in total. The molecule has 0 unspecified atom stereocenters. The first kappa shape index (κ1) is 10.4. The van der Waals surface area contributed by atoms with Crippen LogP contribution in [0, 0.1) is 0 Å². The van der Waals surface area contributed by atoms with E-state index < -0.39 is 0 Å². The molecule has 0 fully saturated rings. The van der Waals surface area contributed by atoms with Crippen LogP contribution in [0.5, 0.6) is 0 Å². The third-order valence-electron chi connectivity index (χ3n) is 1.39. The molecule has 17 heavy (non-hydrogen) atoms. The van der Waals surface area contributed by atoms with Crippen LogP contribution in [0.4, 0.5) is 17.8 Å². The summed E-state index contributed by atoms with van der Waals surface area (Å²) in [5.74, 6) is 0.0145. The number of azo groups is 1. The third kappa shape index (κ3) is 2.94. The molecular weight excluding hydrogens is 226 g/mol. The second kappa shape index (κ2) is 5.14. The van der Waals surface area contributed by atoms with Crippen molar-refractivity contribution in [2.75, 3.05) is 0 Å². The first-order valence-corrected chi connectivity index (χ1v) is 4.16. The zero-order valence-corrected chi connectivity index (χ0v) is 8.15. The lowest BCUT2D eigenvalue weighted by molar-refractivity contribution is 0.955. The van der Waals surface area contributed by atoms with Crippen LogP contribution < -0.4 is 0 Å². The Bertz CT molecular complexity index is 572. The van der Waals surface area contributed by atoms with Crippen molar-refractivity contribution in [1.82, 2.24) is 29.9 Å². The minimum Gasteiger partial charge on any atom is -0.225 e. The quantitative estimate of drug-likeness (QED) is 0.440. The number of hydrogen-bond donors (Lipinski definition) is 0. The highest BCUT2D eigenvalue weighted by molar-refractivity contribution is 5.22. The summed E-state index contributed by atoms with van der Waals surface area (Å²) in [6, 6.07) is 0. The SMILES string of the molecule is [N-]=[N+]=Nc1ncnc(N=Nc2ncncn2)n1. The minimum atomic E-state index is -0.0907. The summed E-state index contributed by atoms with van der Waals surface area (Å²) in [6.45, 7) is 0. The van der Waals surface area contributed by atoms with Crippen molar-refractivity contribution in [3.8, 4) is 0 Å². The van der Waals surface area contributed by atoms with E-state index in [1.165, 1.54) is 12.7 Å². The van der Waals surface area contributed by atoms with Crippen molar-refractivity contribution >= 4 is 17.8 Å². The molecule has 2 rings (SSSR count). The van der Waals surface area contributed by atoms with E-state index in [1.807, 2.05) is 0 Å². The predicted octanol–water partition coefficient (Wildman–Crippen LogP) is 1.41. The lowest BCUT2D eigenvalue weighted by atomic mass is 10.9. The summed E-state index contributed by atoms with van der Waals surface area (Å²) >= 11 is 0. The van der Waals surface area contributed by atoms with Gasteiger partial charge in [-0.3, -0.25) is 0 Å². The Labute approximate surface area is 93.4 Å². The van der Waals surface area contributed by atoms with Gasteiger partial charge in [0, 0.05) is 4.91 Å². The van der Waals surface area contributed by atoms with Crippen molar-refractivity contribution in [1.29, 1.82) is 0 Å². The molecule has 0 N–H and O–H groups in total. The van der Waals surface area contributed by atoms with Crippen LogP contribution in [0.1, 0.15) is 0 Å². The average molecular weight is 229 g/mol. The van der Waals surface area contributed by atoms with Crippen LogP contribution >= 0.6 is 0 Å². The van der Waals surface area contributed by atoms with Crippen LogP contribution in [0.15, 0.2) is 34.3 Å². The van der Waals surface area contributed by atoms with Gasteiger partial charge in [-0.2, -0.15) is 19.9 Å². The van der Waals surface area contributed by atoms with Gasteiger partial charge in [0.2, 0.25) is 5.95 Å². The van der Waals surface area contributed by atoms with E-state index in [1.54, 1.807) is 0 Å². The Morgan fingerprint density at radius 3 is 2.29 bits per heavy atom. The number of nitrogens with zero attached hydrogens (tertiary/aromatic N) is 11. The Morgan fingerprint density at radius 2 is 1.53 bits per heavy atom. The van der Waals surface area contributed by atoms with Crippen molar-refractivity contribution in [3.63, 3.8) is 0 Å². The molecule has 0 atom stereocenters. The van der Waals surface area contributed by atoms with E-state index in [4.69, 9.17) is 5.53 Å². The van der Waals surface area contributed by atoms with Gasteiger partial charge < -0.3 is 0 Å². The Hall–Kier alpha value is -3.07. The first-order chi connectivity index (χ1) is 8.38. The Morgan fingerprint density at radius 1 is 0.882 bits per heavy atom. The Kier molecular flexibility index (Phi) is 3.16. The van der Waals surface area contributed by atoms with Gasteiger partial charge in [0.1, 0.15) is 19.0 Å². The van der Waals surface area contributed by atoms with Gasteiger partial charge in [0.25, 0.3) is 11.9 Å². The van der Waals surface area contributed by atoms with Crippen molar-refractivity contribution in [2.24, 2.45) is 15.3 Å². The highest BCUT2D eigenvalue weighted by Gasteiger charge is 1.97. The molecule has 2 aromatic rings. The third-order valence-corrected chi connectivity index (χ3v) is 1.39. The average Bonchev–Trinajstić information content (AvgIpc) is 2.39. The topological polar surface area (TPSA) is 151 Å². The van der Waals surface area contributed by atoms with Crippen LogP contribution in [-0.2, 0) is 0 Å². The summed E-state index contributed by atoms with van der Waals surface area (Å²) in [5, 5.41) is 10.5. The summed E-state index contributed by atoms with van der Waals surface area (Å²) < 4.78 is 0. The maximum atomic E-state index is 8.20. The summed E-state index contributed by atoms with van der Waals surface area (Å²) in [6.07, 6.45) is 3.71. The van der Waals surface area contributed by atoms with Gasteiger partial charge >= 0.3 is 0 Å². The fourth-order valence-corrected chi connectivity index (χ4v) is 0.790. The van der Waals surface area contributed by atoms with E-state index in [2.05, 4.69) is 50.2 Å². The molecule has 2 aromatic heterocycles. The van der Waals surface area contributed by atoms with E-state index in [-0.39, 0.29) is 17.8 Å². The van der Waals surface area contributed by atoms with Gasteiger partial charge in [-0.25, -0.2) is 9.97 Å². The molecule has 2 heterocycles. The highest BCUT2D eigenvalue weighted by Crippen LogP contribution is 2.11. The monoisotopic (exact) mass is 229 g/mol. The maximum absolute atomic E-state index is 8.20. The van der Waals surface area contributed by atoms with Gasteiger partial charge in [-0.05, 0) is 10.6 Å². The molecule has 0 spiro atoms. The molecule has 0 aliphatic carbocycles. The standard InChI is InChI=1S/C6H3N11/c7-17-16-6-12-3-11-5(13-6)15-14-4-9-1-8-2-10-4/h1-3H. The molecule has 0 aliphatic heterocycles. The molecule has 82 valence electrons. The molecule has 0 bridgehead atoms. The normalized spacial score (nSPS) is 10.1. The van der Waals surface area contributed by atoms with Crippen LogP contribution in [0.25, 0.3) is 10.4 Å². The van der Waals surface area contributed by atoms with Gasteiger partial charge in [0.15, 0.2) is 0 Å². The lowest BCUT2D eigenvalue weighted by Crippen LogP contribution is -1.84. The van der Waals surface area contributed by atoms with E-state index >= 15 is 0 Å². The largest absolute Gasteiger partial charge is 0.272 e. The predicted molar refractivity (Wildman–Crippen MR) is 52.6 cm³/mol. The molecule has 0 aliphatic rings. The first-order valence-electron chi connectivity index (χ1n) is 4.16. The lowest BCUT2D eigenvalue weighted by Gasteiger charge is -1.90. The van der Waals surface area contributed by atoms with Crippen LogP contribution in [0.3, 0.4) is 0 Å². The maximum Gasteiger partial charge on any atom is 0.272 e. The summed E-state index contributed by atoms with van der Waals surface area (Å²) in [5.41, 5.74) is 8.20. The summed E-state index contributed by atoms with van der Waals surface area (Å²) in [4.78, 5) is 24.6. The fourth-order valence-electron chi connectivity index (χ4n) is 0.790. The molecule has 0 radical (unpaired) electrons. The van der Waals surface area contributed by atoms with Crippen molar-refractivity contribution < 1.29 is 0 Å². The van der Waals surface area contributed by atoms with Gasteiger partial charge in [0.05, 0.1) is 0 Å². The minimum absolute atomic E-state index is 0.0113. The smallest absolute Gasteiger partial charge is 0.225 e. The number of hydrogen-bond acceptors (Lipinski definition) is 9. The second-order valence-corrected chi connectivity index (χ2v) is 2.41. The van der Waals surface area contributed by atoms with Crippen LogP contribution in [-0.4, -0.2) is 29.9 Å². The van der Waals surface area contributed by atoms with E-state index in [0.717, 1.165) is 6.33 Å². The number of azide groups is 1. The molecule has 0 saturated carbocycles. The zero-order chi connectivity index (χ0) is 11.9. The highest BCUT2D eigenvalue weighted by atomic mass is 15.3. The fraction of sp³-hybridized carbons (Fsp3) is 0. The van der Waals surface area contributed by atoms with Crippen molar-refractivity contribution in [3.05, 3.63) is 29.4 Å². The molecule has 0 saturated heterocycles. The molecule has 11 heteroatoms.